The molecule has 100 valence electrons. The summed E-state index contributed by atoms with van der Waals surface area (Å²) in [4.78, 5) is 2.92. The summed E-state index contributed by atoms with van der Waals surface area (Å²) in [7, 11) is 0. The lowest BCUT2D eigenvalue weighted by Crippen LogP contribution is -1.73. The van der Waals surface area contributed by atoms with Gasteiger partial charge in [-0.2, -0.15) is 5.11 Å². The second-order valence-electron chi connectivity index (χ2n) is 4.50. The number of fused-ring (bicyclic) bond motifs is 1. The summed E-state index contributed by atoms with van der Waals surface area (Å²) < 4.78 is 0. The first kappa shape index (κ1) is 12.7. The van der Waals surface area contributed by atoms with Gasteiger partial charge in [-0.05, 0) is 30.7 Å². The normalized spacial score (nSPS) is 11.5. The average Bonchev–Trinajstić information content (AvgIpc) is 2.74. The minimum Gasteiger partial charge on any atom is -0.493 e. The Kier molecular flexibility index (Phi) is 3.16. The Morgan fingerprint density at radius 3 is 2.70 bits per heavy atom. The van der Waals surface area contributed by atoms with Gasteiger partial charge in [0, 0.05) is 10.4 Å². The summed E-state index contributed by atoms with van der Waals surface area (Å²) in [6.45, 7) is 1.97. The van der Waals surface area contributed by atoms with Crippen molar-refractivity contribution in [3.63, 3.8) is 0 Å². The molecular formula is C15H12ClN3O. The van der Waals surface area contributed by atoms with Gasteiger partial charge in [-0.25, -0.2) is 0 Å². The Balaban J connectivity index is 2.07. The number of nitrogens with zero attached hydrogens (tertiary/aromatic N) is 2. The van der Waals surface area contributed by atoms with Gasteiger partial charge in [-0.3, -0.25) is 0 Å². The van der Waals surface area contributed by atoms with Crippen molar-refractivity contribution in [2.45, 2.75) is 6.92 Å². The quantitative estimate of drug-likeness (QED) is 0.621. The van der Waals surface area contributed by atoms with E-state index in [4.69, 9.17) is 11.6 Å². The molecule has 4 nitrogen and oxygen atoms in total. The molecule has 3 rings (SSSR count). The molecule has 0 spiro atoms. The van der Waals surface area contributed by atoms with Gasteiger partial charge in [0.25, 0.3) is 0 Å². The van der Waals surface area contributed by atoms with E-state index in [1.54, 1.807) is 24.3 Å². The van der Waals surface area contributed by atoms with Crippen molar-refractivity contribution in [3.8, 4) is 5.88 Å². The van der Waals surface area contributed by atoms with Gasteiger partial charge in [0.2, 0.25) is 5.88 Å². The molecule has 0 atom stereocenters. The summed E-state index contributed by atoms with van der Waals surface area (Å²) >= 11 is 5.90. The minimum absolute atomic E-state index is 0.0140. The first-order chi connectivity index (χ1) is 9.65. The van der Waals surface area contributed by atoms with Gasteiger partial charge in [0.05, 0.1) is 11.2 Å². The van der Waals surface area contributed by atoms with Crippen molar-refractivity contribution < 1.29 is 5.11 Å². The molecule has 1 aromatic heterocycles. The number of halogens is 1. The fraction of sp³-hybridized carbons (Fsp3) is 0.0667. The molecule has 0 bridgehead atoms. The number of aromatic hydroxyl groups is 1. The van der Waals surface area contributed by atoms with E-state index in [2.05, 4.69) is 15.2 Å². The van der Waals surface area contributed by atoms with Crippen LogP contribution in [0.25, 0.3) is 10.9 Å². The topological polar surface area (TPSA) is 60.7 Å². The number of nitrogens with one attached hydrogen (secondary N) is 1. The van der Waals surface area contributed by atoms with Crippen LogP contribution in [0.1, 0.15) is 5.56 Å². The first-order valence-electron chi connectivity index (χ1n) is 6.13. The van der Waals surface area contributed by atoms with Gasteiger partial charge in [0.1, 0.15) is 0 Å². The van der Waals surface area contributed by atoms with Crippen LogP contribution < -0.4 is 0 Å². The van der Waals surface area contributed by atoms with Crippen molar-refractivity contribution in [1.29, 1.82) is 0 Å². The van der Waals surface area contributed by atoms with E-state index in [-0.39, 0.29) is 5.88 Å². The number of azo groups is 1. The molecule has 1 heterocycles. The minimum atomic E-state index is 0.0140. The molecule has 0 aliphatic heterocycles. The standard InChI is InChI=1S/C15H12ClN3O/c1-9-4-2-7-12-13(9)17-15(20)14(12)19-18-11-6-3-5-10(16)8-11/h2-8,17,20H,1H3. The van der Waals surface area contributed by atoms with Gasteiger partial charge in [-0.1, -0.05) is 35.9 Å². The summed E-state index contributed by atoms with van der Waals surface area (Å²) in [5.41, 5.74) is 2.98. The van der Waals surface area contributed by atoms with Gasteiger partial charge in [-0.15, -0.1) is 5.11 Å². The van der Waals surface area contributed by atoms with Crippen LogP contribution in [-0.2, 0) is 0 Å². The summed E-state index contributed by atoms with van der Waals surface area (Å²) in [5, 5.41) is 19.6. The number of aryl methyl sites for hydroxylation is 1. The van der Waals surface area contributed by atoms with E-state index in [9.17, 15) is 5.11 Å². The number of benzene rings is 2. The van der Waals surface area contributed by atoms with E-state index in [1.165, 1.54) is 0 Å². The fourth-order valence-corrected chi connectivity index (χ4v) is 2.27. The number of aromatic amines is 1. The third-order valence-corrected chi connectivity index (χ3v) is 3.30. The van der Waals surface area contributed by atoms with Crippen LogP contribution in [0.15, 0.2) is 52.7 Å². The number of rotatable bonds is 2. The maximum Gasteiger partial charge on any atom is 0.218 e. The van der Waals surface area contributed by atoms with Crippen LogP contribution in [0.5, 0.6) is 5.88 Å². The van der Waals surface area contributed by atoms with Crippen molar-refractivity contribution in [1.82, 2.24) is 4.98 Å². The van der Waals surface area contributed by atoms with Gasteiger partial charge >= 0.3 is 0 Å². The zero-order chi connectivity index (χ0) is 14.1. The van der Waals surface area contributed by atoms with Crippen LogP contribution in [0, 0.1) is 6.92 Å². The van der Waals surface area contributed by atoms with E-state index in [1.807, 2.05) is 25.1 Å². The average molecular weight is 286 g/mol. The van der Waals surface area contributed by atoms with E-state index >= 15 is 0 Å². The zero-order valence-electron chi connectivity index (χ0n) is 10.8. The fourth-order valence-electron chi connectivity index (χ4n) is 2.08. The lowest BCUT2D eigenvalue weighted by Gasteiger charge is -1.95. The Hall–Kier alpha value is -2.33. The molecule has 3 aromatic rings. The largest absolute Gasteiger partial charge is 0.493 e. The number of H-pyrrole nitrogens is 1. The third kappa shape index (κ3) is 2.26. The predicted octanol–water partition coefficient (Wildman–Crippen LogP) is 5.25. The highest BCUT2D eigenvalue weighted by atomic mass is 35.5. The lowest BCUT2D eigenvalue weighted by molar-refractivity contribution is 0.459. The molecule has 0 unspecified atom stereocenters. The Labute approximate surface area is 120 Å². The van der Waals surface area contributed by atoms with Crippen LogP contribution in [0.2, 0.25) is 5.02 Å². The van der Waals surface area contributed by atoms with E-state index in [0.29, 0.717) is 16.4 Å². The lowest BCUT2D eigenvalue weighted by atomic mass is 10.1. The highest BCUT2D eigenvalue weighted by Crippen LogP contribution is 2.37. The van der Waals surface area contributed by atoms with Gasteiger partial charge in [0.15, 0.2) is 5.69 Å². The van der Waals surface area contributed by atoms with Crippen LogP contribution in [-0.4, -0.2) is 10.1 Å². The first-order valence-corrected chi connectivity index (χ1v) is 6.50. The van der Waals surface area contributed by atoms with Crippen molar-refractivity contribution in [2.75, 3.05) is 0 Å². The highest BCUT2D eigenvalue weighted by Gasteiger charge is 2.11. The molecule has 5 heteroatoms. The van der Waals surface area contributed by atoms with Crippen LogP contribution >= 0.6 is 11.6 Å². The molecule has 0 radical (unpaired) electrons. The Morgan fingerprint density at radius 2 is 1.90 bits per heavy atom. The third-order valence-electron chi connectivity index (χ3n) is 3.07. The van der Waals surface area contributed by atoms with Gasteiger partial charge < -0.3 is 10.1 Å². The number of aromatic nitrogens is 1. The molecule has 0 saturated heterocycles. The summed E-state index contributed by atoms with van der Waals surface area (Å²) in [6, 6.07) is 12.9. The molecule has 0 fully saturated rings. The van der Waals surface area contributed by atoms with Crippen molar-refractivity contribution in [2.24, 2.45) is 10.2 Å². The maximum absolute atomic E-state index is 9.96. The van der Waals surface area contributed by atoms with Crippen molar-refractivity contribution >= 4 is 33.9 Å². The van der Waals surface area contributed by atoms with E-state index < -0.39 is 0 Å². The summed E-state index contributed by atoms with van der Waals surface area (Å²) in [5.74, 6) is 0.0140. The SMILES string of the molecule is Cc1cccc2c(N=Nc3cccc(Cl)c3)c(O)[nH]c12. The molecule has 2 N–H and O–H groups in total. The smallest absolute Gasteiger partial charge is 0.218 e. The summed E-state index contributed by atoms with van der Waals surface area (Å²) in [6.07, 6.45) is 0. The number of hydrogen-bond acceptors (Lipinski definition) is 3. The zero-order valence-corrected chi connectivity index (χ0v) is 11.5. The second kappa shape index (κ2) is 4.98. The number of para-hydroxylation sites is 1. The molecule has 20 heavy (non-hydrogen) atoms. The Morgan fingerprint density at radius 1 is 1.10 bits per heavy atom. The number of hydrogen-bond donors (Lipinski definition) is 2. The predicted molar refractivity (Wildman–Crippen MR) is 80.3 cm³/mol. The highest BCUT2D eigenvalue weighted by molar-refractivity contribution is 6.30. The molecule has 0 aliphatic carbocycles. The maximum atomic E-state index is 9.96. The van der Waals surface area contributed by atoms with Crippen molar-refractivity contribution in [3.05, 3.63) is 53.1 Å². The molecule has 0 aliphatic rings. The van der Waals surface area contributed by atoms with E-state index in [0.717, 1.165) is 16.5 Å². The van der Waals surface area contributed by atoms with Crippen LogP contribution in [0.3, 0.4) is 0 Å². The monoisotopic (exact) mass is 285 g/mol. The second-order valence-corrected chi connectivity index (χ2v) is 4.94. The molecular weight excluding hydrogens is 274 g/mol. The molecule has 2 aromatic carbocycles. The Bertz CT molecular complexity index is 808. The molecule has 0 saturated carbocycles. The molecule has 0 amide bonds. The van der Waals surface area contributed by atoms with Crippen LogP contribution in [0.4, 0.5) is 11.4 Å².